The molecule has 0 fully saturated rings. The fraction of sp³-hybridized carbons (Fsp3) is 0.333. The molecule has 0 aliphatic heterocycles. The normalized spacial score (nSPS) is 5.56. The summed E-state index contributed by atoms with van der Waals surface area (Å²) in [5.74, 6) is 0. The molecule has 0 rings (SSSR count). The van der Waals surface area contributed by atoms with Gasteiger partial charge in [-0.05, 0) is 0 Å². The zero-order valence-corrected chi connectivity index (χ0v) is 6.64. The van der Waals surface area contributed by atoms with E-state index in [0.717, 1.165) is 0 Å². The summed E-state index contributed by atoms with van der Waals surface area (Å²) in [6.45, 7) is 7.87. The zero-order valence-electron chi connectivity index (χ0n) is 5.64. The summed E-state index contributed by atoms with van der Waals surface area (Å²) in [6, 6.07) is 0. The molecule has 0 amide bonds. The second-order valence-corrected chi connectivity index (χ2v) is 1.05. The molecule has 0 aromatic carbocycles. The van der Waals surface area contributed by atoms with Crippen LogP contribution in [0.4, 0.5) is 0 Å². The Hall–Kier alpha value is -0.250. The number of hydrogen-bond donors (Lipinski definition) is 2. The molecular weight excluding hydrogens is 132 g/mol. The van der Waals surface area contributed by atoms with Crippen molar-refractivity contribution in [3.8, 4) is 0 Å². The lowest BCUT2D eigenvalue weighted by atomic mass is 10.7. The average molecular weight is 148 g/mol. The number of hydrogen-bond acceptors (Lipinski definition) is 2. The third-order valence-electron chi connectivity index (χ3n) is 0.333. The van der Waals surface area contributed by atoms with Gasteiger partial charge in [0.2, 0.25) is 0 Å². The molecule has 0 saturated heterocycles. The van der Waals surface area contributed by atoms with Crippen molar-refractivity contribution in [3.05, 3.63) is 25.3 Å². The second kappa shape index (κ2) is 25.1. The minimum atomic E-state index is 0. The van der Waals surface area contributed by atoms with E-state index in [0.29, 0.717) is 13.1 Å². The molecule has 0 aromatic rings. The van der Waals surface area contributed by atoms with E-state index < -0.39 is 0 Å². The highest BCUT2D eigenvalue weighted by Gasteiger charge is 1.43. The third-order valence-corrected chi connectivity index (χ3v) is 0.333. The van der Waals surface area contributed by atoms with Crippen LogP contribution in [0.25, 0.3) is 0 Å². The van der Waals surface area contributed by atoms with Crippen LogP contribution in [0.5, 0.6) is 0 Å². The molecule has 0 atom stereocenters. The van der Waals surface area contributed by atoms with Gasteiger partial charge >= 0.3 is 0 Å². The van der Waals surface area contributed by atoms with E-state index >= 15 is 0 Å². The Balaban J connectivity index is -0.0000000720. The van der Waals surface area contributed by atoms with Gasteiger partial charge in [0.15, 0.2) is 0 Å². The lowest BCUT2D eigenvalue weighted by Crippen LogP contribution is -1.90. The summed E-state index contributed by atoms with van der Waals surface area (Å²) < 4.78 is 0. The molecule has 56 valence electrons. The molecule has 3 heteroatoms. The fourth-order valence-electron chi connectivity index (χ4n) is 0. The number of rotatable bonds is 2. The quantitative estimate of drug-likeness (QED) is 0.556. The smallest absolute Gasteiger partial charge is 0.0104 e. The summed E-state index contributed by atoms with van der Waals surface area (Å²) in [6.07, 6.45) is 3.31. The minimum absolute atomic E-state index is 0. The van der Waals surface area contributed by atoms with Gasteiger partial charge in [-0.25, -0.2) is 0 Å². The van der Waals surface area contributed by atoms with Crippen LogP contribution >= 0.6 is 13.5 Å². The highest BCUT2D eigenvalue weighted by molar-refractivity contribution is 7.59. The van der Waals surface area contributed by atoms with E-state index in [2.05, 4.69) is 13.2 Å². The average Bonchev–Trinajstić information content (AvgIpc) is 1.88. The Morgan fingerprint density at radius 1 is 1.00 bits per heavy atom. The molecule has 0 aliphatic rings. The zero-order chi connectivity index (χ0) is 6.83. The predicted molar refractivity (Wildman–Crippen MR) is 48.9 cm³/mol. The Morgan fingerprint density at radius 3 is 1.11 bits per heavy atom. The maximum absolute atomic E-state index is 4.91. The van der Waals surface area contributed by atoms with Crippen molar-refractivity contribution in [2.24, 2.45) is 11.5 Å². The van der Waals surface area contributed by atoms with Crippen molar-refractivity contribution < 1.29 is 0 Å². The number of nitrogens with two attached hydrogens (primary N) is 2. The van der Waals surface area contributed by atoms with E-state index in [-0.39, 0.29) is 13.5 Å². The van der Waals surface area contributed by atoms with Crippen molar-refractivity contribution in [2.75, 3.05) is 13.1 Å². The van der Waals surface area contributed by atoms with E-state index in [1.54, 1.807) is 12.2 Å². The lowest BCUT2D eigenvalue weighted by molar-refractivity contribution is 1.26. The maximum atomic E-state index is 4.91. The topological polar surface area (TPSA) is 52.0 Å². The van der Waals surface area contributed by atoms with Gasteiger partial charge in [0.05, 0.1) is 0 Å². The summed E-state index contributed by atoms with van der Waals surface area (Å²) in [5.41, 5.74) is 9.82. The van der Waals surface area contributed by atoms with Gasteiger partial charge in [-0.1, -0.05) is 12.2 Å². The minimum Gasteiger partial charge on any atom is -0.327 e. The standard InChI is InChI=1S/2C3H7N.H2S/c2*1-2-3-4;/h2*2H,1,3-4H2;1H2. The van der Waals surface area contributed by atoms with Gasteiger partial charge < -0.3 is 11.5 Å². The van der Waals surface area contributed by atoms with Crippen molar-refractivity contribution in [2.45, 2.75) is 0 Å². The molecular formula is C6H16N2S. The van der Waals surface area contributed by atoms with E-state index in [9.17, 15) is 0 Å². The van der Waals surface area contributed by atoms with Gasteiger partial charge in [0, 0.05) is 13.1 Å². The monoisotopic (exact) mass is 148 g/mol. The fourth-order valence-corrected chi connectivity index (χ4v) is 0. The summed E-state index contributed by atoms with van der Waals surface area (Å²) in [7, 11) is 0. The van der Waals surface area contributed by atoms with Crippen molar-refractivity contribution in [1.29, 1.82) is 0 Å². The Labute approximate surface area is 64.1 Å². The van der Waals surface area contributed by atoms with Crippen LogP contribution in [0.2, 0.25) is 0 Å². The summed E-state index contributed by atoms with van der Waals surface area (Å²) in [4.78, 5) is 0. The highest BCUT2D eigenvalue weighted by Crippen LogP contribution is 1.40. The van der Waals surface area contributed by atoms with Crippen molar-refractivity contribution >= 4 is 13.5 Å². The molecule has 9 heavy (non-hydrogen) atoms. The largest absolute Gasteiger partial charge is 0.327 e. The third kappa shape index (κ3) is 83.7. The summed E-state index contributed by atoms with van der Waals surface area (Å²) >= 11 is 0. The van der Waals surface area contributed by atoms with Gasteiger partial charge in [-0.2, -0.15) is 13.5 Å². The molecule has 0 saturated carbocycles. The molecule has 0 aromatic heterocycles. The molecule has 0 unspecified atom stereocenters. The van der Waals surface area contributed by atoms with Crippen molar-refractivity contribution in [1.82, 2.24) is 0 Å². The molecule has 0 bridgehead atoms. The first-order valence-electron chi connectivity index (χ1n) is 2.45. The highest BCUT2D eigenvalue weighted by atomic mass is 32.1. The van der Waals surface area contributed by atoms with Crippen LogP contribution in [-0.4, -0.2) is 13.1 Å². The van der Waals surface area contributed by atoms with E-state index in [1.165, 1.54) is 0 Å². The molecule has 2 nitrogen and oxygen atoms in total. The Kier molecular flexibility index (Phi) is 44.3. The second-order valence-electron chi connectivity index (χ2n) is 1.05. The van der Waals surface area contributed by atoms with Gasteiger partial charge in [-0.3, -0.25) is 0 Å². The lowest BCUT2D eigenvalue weighted by Gasteiger charge is -1.61. The van der Waals surface area contributed by atoms with Gasteiger partial charge in [-0.15, -0.1) is 13.2 Å². The van der Waals surface area contributed by atoms with Gasteiger partial charge in [0.25, 0.3) is 0 Å². The van der Waals surface area contributed by atoms with Crippen LogP contribution in [-0.2, 0) is 0 Å². The molecule has 4 N–H and O–H groups in total. The van der Waals surface area contributed by atoms with Crippen LogP contribution in [0.3, 0.4) is 0 Å². The Morgan fingerprint density at radius 2 is 1.11 bits per heavy atom. The Bertz CT molecular complexity index is 47.0. The van der Waals surface area contributed by atoms with Gasteiger partial charge in [0.1, 0.15) is 0 Å². The first-order chi connectivity index (χ1) is 3.83. The predicted octanol–water partition coefficient (Wildman–Crippen LogP) is 0.375. The van der Waals surface area contributed by atoms with E-state index in [4.69, 9.17) is 11.5 Å². The molecule has 0 aliphatic carbocycles. The summed E-state index contributed by atoms with van der Waals surface area (Å²) in [5, 5.41) is 0. The molecule has 0 spiro atoms. The van der Waals surface area contributed by atoms with E-state index in [1.807, 2.05) is 0 Å². The van der Waals surface area contributed by atoms with Crippen LogP contribution in [0.15, 0.2) is 25.3 Å². The first-order valence-corrected chi connectivity index (χ1v) is 2.45. The van der Waals surface area contributed by atoms with Crippen molar-refractivity contribution in [3.63, 3.8) is 0 Å². The van der Waals surface area contributed by atoms with Crippen LogP contribution in [0.1, 0.15) is 0 Å². The van der Waals surface area contributed by atoms with Crippen LogP contribution in [0, 0.1) is 0 Å². The molecule has 0 radical (unpaired) electrons. The maximum Gasteiger partial charge on any atom is 0.0104 e. The van der Waals surface area contributed by atoms with Crippen LogP contribution < -0.4 is 11.5 Å². The molecule has 0 heterocycles. The SMILES string of the molecule is C=CCN.C=CCN.S. The first kappa shape index (κ1) is 15.9.